The van der Waals surface area contributed by atoms with Crippen molar-refractivity contribution in [1.29, 1.82) is 0 Å². The number of nitrogens with zero attached hydrogens (tertiary/aromatic N) is 1. The Morgan fingerprint density at radius 3 is 2.80 bits per heavy atom. The Labute approximate surface area is 145 Å². The SMILES string of the molecule is CCC1(O)C=CC=CC1/N=C/c1cc(I)cc(I)c1O. The molecule has 2 rings (SSSR count). The molecule has 0 bridgehead atoms. The molecule has 5 heteroatoms. The van der Waals surface area contributed by atoms with Gasteiger partial charge in [0.25, 0.3) is 0 Å². The molecule has 0 spiro atoms. The normalized spacial score (nSPS) is 25.5. The average molecular weight is 495 g/mol. The van der Waals surface area contributed by atoms with Gasteiger partial charge in [0.1, 0.15) is 17.4 Å². The Morgan fingerprint density at radius 2 is 2.10 bits per heavy atom. The van der Waals surface area contributed by atoms with E-state index < -0.39 is 5.60 Å². The zero-order valence-corrected chi connectivity index (χ0v) is 15.2. The van der Waals surface area contributed by atoms with Crippen LogP contribution in [0.3, 0.4) is 0 Å². The summed E-state index contributed by atoms with van der Waals surface area (Å²) in [5.41, 5.74) is -0.279. The molecule has 0 aliphatic heterocycles. The minimum atomic E-state index is -0.948. The maximum atomic E-state index is 10.5. The molecular formula is C15H15I2NO2. The first-order chi connectivity index (χ1) is 9.46. The average Bonchev–Trinajstić information content (AvgIpc) is 2.42. The first-order valence-corrected chi connectivity index (χ1v) is 8.41. The molecule has 1 aromatic rings. The number of hydrogen-bond donors (Lipinski definition) is 2. The van der Waals surface area contributed by atoms with Gasteiger partial charge in [-0.3, -0.25) is 4.99 Å². The second-order valence-corrected chi connectivity index (χ2v) is 7.05. The van der Waals surface area contributed by atoms with Gasteiger partial charge in [0.05, 0.1) is 3.57 Å². The van der Waals surface area contributed by atoms with Crippen LogP contribution in [0, 0.1) is 7.14 Å². The number of halogens is 2. The van der Waals surface area contributed by atoms with E-state index in [1.165, 1.54) is 0 Å². The molecule has 0 radical (unpaired) electrons. The van der Waals surface area contributed by atoms with E-state index in [-0.39, 0.29) is 11.8 Å². The molecule has 106 valence electrons. The Bertz CT molecular complexity index is 596. The predicted molar refractivity (Wildman–Crippen MR) is 98.4 cm³/mol. The van der Waals surface area contributed by atoms with Crippen molar-refractivity contribution >= 4 is 51.4 Å². The zero-order valence-electron chi connectivity index (χ0n) is 10.9. The van der Waals surface area contributed by atoms with Gasteiger partial charge in [-0.15, -0.1) is 0 Å². The number of aliphatic hydroxyl groups is 1. The van der Waals surface area contributed by atoms with Crippen LogP contribution < -0.4 is 0 Å². The van der Waals surface area contributed by atoms with Crippen molar-refractivity contribution < 1.29 is 10.2 Å². The summed E-state index contributed by atoms with van der Waals surface area (Å²) in [7, 11) is 0. The standard InChI is InChI=1S/C15H15I2NO2/c1-2-15(20)6-4-3-5-13(15)18-9-10-7-11(16)8-12(17)14(10)19/h3-9,13,19-20H,2H2,1H3/b18-9+. The quantitative estimate of drug-likeness (QED) is 0.497. The summed E-state index contributed by atoms with van der Waals surface area (Å²) in [6.07, 6.45) is 9.58. The number of rotatable bonds is 3. The highest BCUT2D eigenvalue weighted by Gasteiger charge is 2.31. The lowest BCUT2D eigenvalue weighted by molar-refractivity contribution is 0.0732. The molecule has 2 atom stereocenters. The number of phenolic OH excluding ortho intramolecular Hbond substituents is 1. The lowest BCUT2D eigenvalue weighted by atomic mass is 9.88. The molecule has 2 N–H and O–H groups in total. The smallest absolute Gasteiger partial charge is 0.137 e. The van der Waals surface area contributed by atoms with Crippen molar-refractivity contribution in [3.8, 4) is 5.75 Å². The molecule has 1 aliphatic rings. The second kappa shape index (κ2) is 6.57. The summed E-state index contributed by atoms with van der Waals surface area (Å²) in [6.45, 7) is 1.93. The van der Waals surface area contributed by atoms with Crippen LogP contribution in [0.2, 0.25) is 0 Å². The van der Waals surface area contributed by atoms with Gasteiger partial charge < -0.3 is 10.2 Å². The molecule has 20 heavy (non-hydrogen) atoms. The minimum Gasteiger partial charge on any atom is -0.506 e. The highest BCUT2D eigenvalue weighted by Crippen LogP contribution is 2.28. The van der Waals surface area contributed by atoms with E-state index in [0.717, 1.165) is 7.14 Å². The molecule has 1 aromatic carbocycles. The van der Waals surface area contributed by atoms with Gasteiger partial charge in [-0.1, -0.05) is 31.2 Å². The van der Waals surface area contributed by atoms with Crippen LogP contribution in [0.15, 0.2) is 41.4 Å². The Kier molecular flexibility index (Phi) is 5.25. The fourth-order valence-electron chi connectivity index (χ4n) is 2.01. The Balaban J connectivity index is 2.30. The Hall–Kier alpha value is -0.410. The summed E-state index contributed by atoms with van der Waals surface area (Å²) in [4.78, 5) is 4.44. The molecule has 2 unspecified atom stereocenters. The van der Waals surface area contributed by atoms with Crippen molar-refractivity contribution in [2.75, 3.05) is 0 Å². The van der Waals surface area contributed by atoms with E-state index in [2.05, 4.69) is 50.2 Å². The van der Waals surface area contributed by atoms with Crippen LogP contribution >= 0.6 is 45.2 Å². The lowest BCUT2D eigenvalue weighted by Gasteiger charge is -2.29. The zero-order chi connectivity index (χ0) is 14.8. The molecule has 0 heterocycles. The van der Waals surface area contributed by atoms with Crippen LogP contribution in [0.25, 0.3) is 0 Å². The number of hydrogen-bond acceptors (Lipinski definition) is 3. The third-order valence-corrected chi connectivity index (χ3v) is 4.74. The molecular weight excluding hydrogens is 480 g/mol. The van der Waals surface area contributed by atoms with Gasteiger partial charge in [-0.05, 0) is 63.7 Å². The van der Waals surface area contributed by atoms with Crippen molar-refractivity contribution in [3.63, 3.8) is 0 Å². The number of allylic oxidation sites excluding steroid dienone is 2. The minimum absolute atomic E-state index is 0.227. The maximum Gasteiger partial charge on any atom is 0.137 e. The van der Waals surface area contributed by atoms with E-state index in [9.17, 15) is 10.2 Å². The van der Waals surface area contributed by atoms with Crippen molar-refractivity contribution in [1.82, 2.24) is 0 Å². The third kappa shape index (κ3) is 3.43. The van der Waals surface area contributed by atoms with Crippen LogP contribution in [0.1, 0.15) is 18.9 Å². The third-order valence-electron chi connectivity index (χ3n) is 3.30. The van der Waals surface area contributed by atoms with E-state index in [4.69, 9.17) is 0 Å². The van der Waals surface area contributed by atoms with E-state index in [1.54, 1.807) is 12.3 Å². The molecule has 0 aromatic heterocycles. The van der Waals surface area contributed by atoms with Gasteiger partial charge in [-0.25, -0.2) is 0 Å². The molecule has 1 aliphatic carbocycles. The number of phenols is 1. The van der Waals surface area contributed by atoms with Gasteiger partial charge in [-0.2, -0.15) is 0 Å². The fourth-order valence-corrected chi connectivity index (χ4v) is 3.90. The monoisotopic (exact) mass is 495 g/mol. The number of aromatic hydroxyl groups is 1. The summed E-state index contributed by atoms with van der Waals surface area (Å²) in [6, 6.07) is 3.45. The lowest BCUT2D eigenvalue weighted by Crippen LogP contribution is -2.38. The number of aliphatic imine (C=N–C) groups is 1. The van der Waals surface area contributed by atoms with Crippen LogP contribution in [0.4, 0.5) is 0 Å². The van der Waals surface area contributed by atoms with E-state index >= 15 is 0 Å². The first-order valence-electron chi connectivity index (χ1n) is 6.26. The number of benzene rings is 1. The topological polar surface area (TPSA) is 52.8 Å². The van der Waals surface area contributed by atoms with E-state index in [0.29, 0.717) is 12.0 Å². The molecule has 0 amide bonds. The van der Waals surface area contributed by atoms with Crippen LogP contribution in [0.5, 0.6) is 5.75 Å². The van der Waals surface area contributed by atoms with Crippen LogP contribution in [-0.4, -0.2) is 28.1 Å². The van der Waals surface area contributed by atoms with Crippen molar-refractivity contribution in [2.24, 2.45) is 4.99 Å². The molecule has 0 saturated carbocycles. The van der Waals surface area contributed by atoms with Gasteiger partial charge in [0.15, 0.2) is 0 Å². The summed E-state index contributed by atoms with van der Waals surface area (Å²) in [5, 5.41) is 20.5. The highest BCUT2D eigenvalue weighted by molar-refractivity contribution is 14.1. The van der Waals surface area contributed by atoms with Gasteiger partial charge in [0, 0.05) is 15.3 Å². The van der Waals surface area contributed by atoms with Crippen molar-refractivity contribution in [2.45, 2.75) is 25.0 Å². The first kappa shape index (κ1) is 16.0. The summed E-state index contributed by atoms with van der Waals surface area (Å²) < 4.78 is 1.83. The highest BCUT2D eigenvalue weighted by atomic mass is 127. The predicted octanol–water partition coefficient (Wildman–Crippen LogP) is 3.66. The fraction of sp³-hybridized carbons (Fsp3) is 0.267. The Morgan fingerprint density at radius 1 is 1.35 bits per heavy atom. The van der Waals surface area contributed by atoms with Crippen molar-refractivity contribution in [3.05, 3.63) is 49.1 Å². The summed E-state index contributed by atoms with van der Waals surface area (Å²) >= 11 is 4.30. The largest absolute Gasteiger partial charge is 0.506 e. The second-order valence-electron chi connectivity index (χ2n) is 4.64. The maximum absolute atomic E-state index is 10.5. The van der Waals surface area contributed by atoms with E-state index in [1.807, 2.05) is 37.3 Å². The van der Waals surface area contributed by atoms with Gasteiger partial charge in [0.2, 0.25) is 0 Å². The molecule has 0 saturated heterocycles. The summed E-state index contributed by atoms with van der Waals surface area (Å²) in [5.74, 6) is 0.227. The van der Waals surface area contributed by atoms with Gasteiger partial charge >= 0.3 is 0 Å². The molecule has 0 fully saturated rings. The molecule has 3 nitrogen and oxygen atoms in total. The van der Waals surface area contributed by atoms with Crippen LogP contribution in [-0.2, 0) is 0 Å².